The molecule has 3 atom stereocenters. The lowest BCUT2D eigenvalue weighted by Gasteiger charge is -2.25. The fourth-order valence-electron chi connectivity index (χ4n) is 1.98. The number of aliphatic hydroxyl groups is 1. The zero-order chi connectivity index (χ0) is 21.3. The molecule has 152 valence electrons. The summed E-state index contributed by atoms with van der Waals surface area (Å²) in [5.41, 5.74) is -3.77. The van der Waals surface area contributed by atoms with E-state index in [2.05, 4.69) is 0 Å². The summed E-state index contributed by atoms with van der Waals surface area (Å²) in [5.74, 6) is -1.70. The number of hydrogen-bond acceptors (Lipinski definition) is 4. The minimum Gasteiger partial charge on any atom is -0.373 e. The Morgan fingerprint density at radius 2 is 1.54 bits per heavy atom. The average Bonchev–Trinajstić information content (AvgIpc) is 2.61. The van der Waals surface area contributed by atoms with Crippen LogP contribution in [-0.2, 0) is 26.4 Å². The van der Waals surface area contributed by atoms with Crippen LogP contribution in [-0.4, -0.2) is 37.5 Å². The Kier molecular flexibility index (Phi) is 6.70. The first-order valence-electron chi connectivity index (χ1n) is 7.60. The van der Waals surface area contributed by atoms with Gasteiger partial charge in [0.1, 0.15) is 0 Å². The lowest BCUT2D eigenvalue weighted by molar-refractivity contribution is -0.242. The molecule has 0 saturated carbocycles. The summed E-state index contributed by atoms with van der Waals surface area (Å²) in [4.78, 5) is 13.0. The number of nitrogens with one attached hydrogen (secondary N) is 1. The highest BCUT2D eigenvalue weighted by Gasteiger charge is 2.55. The summed E-state index contributed by atoms with van der Waals surface area (Å²) in [6.45, 7) is 0.326. The van der Waals surface area contributed by atoms with Crippen LogP contribution in [0.2, 0.25) is 5.02 Å². The fourth-order valence-corrected chi connectivity index (χ4v) is 3.86. The maximum atomic E-state index is 12.7. The van der Waals surface area contributed by atoms with Gasteiger partial charge < -0.3 is 10.4 Å². The largest absolute Gasteiger partial charge is 0.426 e. The zero-order valence-electron chi connectivity index (χ0n) is 14.5. The zero-order valence-corrected chi connectivity index (χ0v) is 16.9. The minimum absolute atomic E-state index is 0.150. The van der Waals surface area contributed by atoms with Crippen LogP contribution in [0.25, 0.3) is 0 Å². The van der Waals surface area contributed by atoms with Crippen molar-refractivity contribution in [3.05, 3.63) is 47.5 Å². The third-order valence-electron chi connectivity index (χ3n) is 3.77. The average molecular weight is 454 g/mol. The van der Waals surface area contributed by atoms with Crippen molar-refractivity contribution in [1.29, 1.82) is 0 Å². The molecule has 0 saturated heterocycles. The third-order valence-corrected chi connectivity index (χ3v) is 6.40. The Balaban J connectivity index is 2.23. The molecule has 0 spiro atoms. The maximum absolute atomic E-state index is 12.7. The normalized spacial score (nSPS) is 16.1. The first-order chi connectivity index (χ1) is 12.8. The van der Waals surface area contributed by atoms with Crippen LogP contribution in [0.1, 0.15) is 6.92 Å². The molecular formula is C17H15ClF3NO4S2. The molecule has 0 bridgehead atoms. The number of halogens is 4. The first kappa shape index (κ1) is 22.5. The number of anilines is 1. The Labute approximate surface area is 168 Å². The van der Waals surface area contributed by atoms with E-state index in [-0.39, 0.29) is 15.6 Å². The van der Waals surface area contributed by atoms with Crippen molar-refractivity contribution in [1.82, 2.24) is 0 Å². The van der Waals surface area contributed by atoms with E-state index >= 15 is 0 Å². The van der Waals surface area contributed by atoms with Crippen molar-refractivity contribution in [3.63, 3.8) is 0 Å². The molecule has 5 nitrogen and oxygen atoms in total. The van der Waals surface area contributed by atoms with Crippen LogP contribution in [0, 0.1) is 0 Å². The number of carbonyl (C=O) groups excluding carboxylic acids is 1. The van der Waals surface area contributed by atoms with Gasteiger partial charge in [0.25, 0.3) is 5.91 Å². The molecular weight excluding hydrogens is 439 g/mol. The van der Waals surface area contributed by atoms with Crippen molar-refractivity contribution in [3.8, 4) is 0 Å². The molecule has 2 aromatic rings. The Morgan fingerprint density at radius 3 is 2.00 bits per heavy atom. The van der Waals surface area contributed by atoms with Gasteiger partial charge in [-0.1, -0.05) is 11.6 Å². The van der Waals surface area contributed by atoms with Crippen molar-refractivity contribution in [2.24, 2.45) is 0 Å². The van der Waals surface area contributed by atoms with E-state index < -0.39 is 39.3 Å². The van der Waals surface area contributed by atoms with E-state index in [1.807, 2.05) is 5.32 Å². The van der Waals surface area contributed by atoms with Gasteiger partial charge in [0, 0.05) is 31.7 Å². The van der Waals surface area contributed by atoms with Gasteiger partial charge in [0.05, 0.1) is 21.5 Å². The third kappa shape index (κ3) is 4.80. The monoisotopic (exact) mass is 453 g/mol. The number of rotatable bonds is 5. The van der Waals surface area contributed by atoms with Crippen LogP contribution in [0.5, 0.6) is 0 Å². The topological polar surface area (TPSA) is 83.5 Å². The van der Waals surface area contributed by atoms with Crippen LogP contribution in [0.15, 0.2) is 57.2 Å². The number of hydrogen-bond donors (Lipinski definition) is 2. The molecule has 2 unspecified atom stereocenters. The van der Waals surface area contributed by atoms with E-state index in [1.54, 1.807) is 12.1 Å². The van der Waals surface area contributed by atoms with Gasteiger partial charge in [-0.25, -0.2) is 4.21 Å². The summed E-state index contributed by atoms with van der Waals surface area (Å²) >= 11 is 5.98. The van der Waals surface area contributed by atoms with Crippen molar-refractivity contribution < 1.29 is 31.5 Å². The van der Waals surface area contributed by atoms with Crippen molar-refractivity contribution in [2.45, 2.75) is 33.4 Å². The summed E-state index contributed by atoms with van der Waals surface area (Å²) in [5, 5.41) is 11.1. The van der Waals surface area contributed by atoms with Gasteiger partial charge in [-0.2, -0.15) is 13.2 Å². The first-order valence-corrected chi connectivity index (χ1v) is 10.7. The van der Waals surface area contributed by atoms with E-state index in [9.17, 15) is 31.5 Å². The van der Waals surface area contributed by atoms with Gasteiger partial charge in [-0.05, 0) is 49.4 Å². The highest BCUT2D eigenvalue weighted by atomic mass is 35.5. The van der Waals surface area contributed by atoms with Crippen LogP contribution >= 0.6 is 11.6 Å². The van der Waals surface area contributed by atoms with Gasteiger partial charge in [-0.15, -0.1) is 0 Å². The Morgan fingerprint density at radius 1 is 1.04 bits per heavy atom. The van der Waals surface area contributed by atoms with E-state index in [0.29, 0.717) is 16.7 Å². The Hall–Kier alpha value is -1.75. The second-order valence-electron chi connectivity index (χ2n) is 5.86. The smallest absolute Gasteiger partial charge is 0.373 e. The summed E-state index contributed by atoms with van der Waals surface area (Å²) < 4.78 is 62.2. The molecule has 2 N–H and O–H groups in total. The van der Waals surface area contributed by atoms with E-state index in [0.717, 1.165) is 0 Å². The highest BCUT2D eigenvalue weighted by Crippen LogP contribution is 2.33. The van der Waals surface area contributed by atoms with E-state index in [4.69, 9.17) is 11.6 Å². The second kappa shape index (κ2) is 8.32. The molecule has 0 aliphatic carbocycles. The van der Waals surface area contributed by atoms with Crippen LogP contribution < -0.4 is 5.32 Å². The van der Waals surface area contributed by atoms with Gasteiger partial charge in [-0.3, -0.25) is 9.00 Å². The molecule has 1 amide bonds. The molecule has 2 rings (SSSR count). The molecule has 0 aliphatic heterocycles. The molecule has 0 aromatic heterocycles. The highest BCUT2D eigenvalue weighted by molar-refractivity contribution is 7.85. The van der Waals surface area contributed by atoms with Gasteiger partial charge >= 0.3 is 6.18 Å². The number of carbonyl (C=O) groups is 1. The number of alkyl halides is 3. The van der Waals surface area contributed by atoms with Crippen LogP contribution in [0.3, 0.4) is 0 Å². The standard InChI is InChI=1S/C17H15ClF3NO4S2/c1-16(24,17(19,20)21)15(23)22-14-8-7-12(9-13(14)18)28(26)11-5-3-10(4-6-11)27(2)25/h3-9,24H,1-2H3,(H,22,23)/t16-,27?,28?/m1/s1. The predicted octanol–water partition coefficient (Wildman–Crippen LogP) is 3.50. The van der Waals surface area contributed by atoms with Gasteiger partial charge in [0.15, 0.2) is 0 Å². The summed E-state index contributed by atoms with van der Waals surface area (Å²) in [6, 6.07) is 9.97. The summed E-state index contributed by atoms with van der Waals surface area (Å²) in [7, 11) is -2.84. The van der Waals surface area contributed by atoms with Gasteiger partial charge in [0.2, 0.25) is 5.60 Å². The minimum atomic E-state index is -5.17. The fraction of sp³-hybridized carbons (Fsp3) is 0.235. The number of benzene rings is 2. The molecule has 0 fully saturated rings. The Bertz CT molecular complexity index is 946. The lowest BCUT2D eigenvalue weighted by atomic mass is 10.1. The molecule has 28 heavy (non-hydrogen) atoms. The van der Waals surface area contributed by atoms with E-state index in [1.165, 1.54) is 36.6 Å². The second-order valence-corrected chi connectivity index (χ2v) is 9.13. The molecule has 2 aromatic carbocycles. The molecule has 0 heterocycles. The summed E-state index contributed by atoms with van der Waals surface area (Å²) in [6.07, 6.45) is -3.66. The quantitative estimate of drug-likeness (QED) is 0.726. The molecule has 0 aliphatic rings. The molecule has 0 radical (unpaired) electrons. The van der Waals surface area contributed by atoms with Crippen molar-refractivity contribution >= 4 is 44.8 Å². The predicted molar refractivity (Wildman–Crippen MR) is 100 cm³/mol. The maximum Gasteiger partial charge on any atom is 0.426 e. The lowest BCUT2D eigenvalue weighted by Crippen LogP contribution is -2.52. The van der Waals surface area contributed by atoms with Crippen LogP contribution in [0.4, 0.5) is 18.9 Å². The number of amides is 1. The molecule has 11 heteroatoms. The van der Waals surface area contributed by atoms with Crippen molar-refractivity contribution in [2.75, 3.05) is 11.6 Å². The SMILES string of the molecule is CS(=O)c1ccc(S(=O)c2ccc(NC(=O)[C@@](C)(O)C(F)(F)F)c(Cl)c2)cc1.